The topological polar surface area (TPSA) is 47.6 Å². The molecule has 0 unspecified atom stereocenters. The Morgan fingerprint density at radius 1 is 0.778 bits per heavy atom. The van der Waals surface area contributed by atoms with Crippen molar-refractivity contribution < 1.29 is 4.79 Å². The zero-order valence-corrected chi connectivity index (χ0v) is 19.3. The van der Waals surface area contributed by atoms with E-state index in [-0.39, 0.29) is 28.1 Å². The van der Waals surface area contributed by atoms with Crippen molar-refractivity contribution >= 4 is 5.78 Å². The van der Waals surface area contributed by atoms with Gasteiger partial charge in [-0.1, -0.05) is 0 Å². The van der Waals surface area contributed by atoms with E-state index >= 15 is 0 Å². The number of nitrogens with one attached hydrogen (secondary N) is 2. The fourth-order valence-electron chi connectivity index (χ4n) is 5.76. The molecule has 2 heterocycles. The zero-order valence-electron chi connectivity index (χ0n) is 19.3. The lowest BCUT2D eigenvalue weighted by Gasteiger charge is -2.55. The van der Waals surface area contributed by atoms with Crippen molar-refractivity contribution in [2.24, 2.45) is 5.92 Å². The number of carbonyl (C=O) groups is 1. The first-order chi connectivity index (χ1) is 12.2. The van der Waals surface area contributed by atoms with Crippen molar-refractivity contribution in [3.63, 3.8) is 0 Å². The van der Waals surface area contributed by atoms with Gasteiger partial charge >= 0.3 is 0 Å². The summed E-state index contributed by atoms with van der Waals surface area (Å²) < 4.78 is 0. The molecule has 2 N–H and O–H groups in total. The lowest BCUT2D eigenvalue weighted by molar-refractivity contribution is -0.134. The minimum atomic E-state index is -0.0399. The van der Waals surface area contributed by atoms with E-state index in [1.807, 2.05) is 0 Å². The van der Waals surface area contributed by atoms with Gasteiger partial charge < -0.3 is 0 Å². The summed E-state index contributed by atoms with van der Waals surface area (Å²) in [5.41, 5.74) is 7.68. The highest BCUT2D eigenvalue weighted by Gasteiger charge is 2.46. The molecule has 0 aromatic carbocycles. The minimum Gasteiger partial charge on any atom is -0.300 e. The molecule has 27 heavy (non-hydrogen) atoms. The SMILES string of the molecule is CC(=O)C1CC(C)(C)N(NCCNN2C(C)(C)CCCC2(C)C)C(C)(C)C1. The molecule has 2 rings (SSSR count). The first-order valence-electron chi connectivity index (χ1n) is 10.8. The Hall–Kier alpha value is -0.490. The van der Waals surface area contributed by atoms with Crippen LogP contribution in [0.3, 0.4) is 0 Å². The van der Waals surface area contributed by atoms with Crippen molar-refractivity contribution in [2.75, 3.05) is 13.1 Å². The lowest BCUT2D eigenvalue weighted by atomic mass is 9.73. The summed E-state index contributed by atoms with van der Waals surface area (Å²) in [7, 11) is 0. The second-order valence-electron chi connectivity index (χ2n) is 11.3. The average Bonchev–Trinajstić information content (AvgIpc) is 2.45. The Morgan fingerprint density at radius 3 is 1.52 bits per heavy atom. The fourth-order valence-corrected chi connectivity index (χ4v) is 5.76. The van der Waals surface area contributed by atoms with Gasteiger partial charge in [-0.25, -0.2) is 10.0 Å². The summed E-state index contributed by atoms with van der Waals surface area (Å²) in [5.74, 6) is 0.494. The van der Waals surface area contributed by atoms with Crippen LogP contribution < -0.4 is 10.9 Å². The Kier molecular flexibility index (Phi) is 6.53. The standard InChI is InChI=1S/C22H44N4O/c1-17(27)18-15-21(6,7)26(22(8,9)16-18)24-14-13-23-25-19(2,3)11-10-12-20(25,4)5/h18,23-24H,10-16H2,1-9H3. The molecule has 2 fully saturated rings. The van der Waals surface area contributed by atoms with Gasteiger partial charge in [0.1, 0.15) is 5.78 Å². The van der Waals surface area contributed by atoms with Crippen LogP contribution in [0.5, 0.6) is 0 Å². The lowest BCUT2D eigenvalue weighted by Crippen LogP contribution is -2.68. The van der Waals surface area contributed by atoms with Crippen LogP contribution in [0.25, 0.3) is 0 Å². The zero-order chi connectivity index (χ0) is 20.7. The third-order valence-electron chi connectivity index (χ3n) is 6.73. The van der Waals surface area contributed by atoms with Crippen LogP contribution in [-0.2, 0) is 4.79 Å². The molecule has 5 heteroatoms. The van der Waals surface area contributed by atoms with E-state index in [2.05, 4.69) is 76.3 Å². The molecule has 0 saturated carbocycles. The smallest absolute Gasteiger partial charge is 0.133 e. The van der Waals surface area contributed by atoms with Crippen LogP contribution in [0.1, 0.15) is 94.4 Å². The number of hydrogen-bond acceptors (Lipinski definition) is 5. The molecule has 2 aliphatic rings. The van der Waals surface area contributed by atoms with E-state index in [0.717, 1.165) is 25.9 Å². The Balaban J connectivity index is 1.95. The maximum Gasteiger partial charge on any atom is 0.133 e. The van der Waals surface area contributed by atoms with Gasteiger partial charge in [0.15, 0.2) is 0 Å². The first kappa shape index (κ1) is 22.8. The van der Waals surface area contributed by atoms with Crippen LogP contribution in [0.2, 0.25) is 0 Å². The molecular formula is C22H44N4O. The molecule has 0 bridgehead atoms. The highest BCUT2D eigenvalue weighted by atomic mass is 16.1. The Morgan fingerprint density at radius 2 is 1.15 bits per heavy atom. The van der Waals surface area contributed by atoms with Gasteiger partial charge in [0.05, 0.1) is 0 Å². The minimum absolute atomic E-state index is 0.0399. The molecule has 5 nitrogen and oxygen atoms in total. The number of nitrogens with zero attached hydrogens (tertiary/aromatic N) is 2. The largest absolute Gasteiger partial charge is 0.300 e. The van der Waals surface area contributed by atoms with E-state index in [4.69, 9.17) is 0 Å². The summed E-state index contributed by atoms with van der Waals surface area (Å²) in [6, 6.07) is 0. The van der Waals surface area contributed by atoms with E-state index < -0.39 is 0 Å². The van der Waals surface area contributed by atoms with Crippen LogP contribution in [0, 0.1) is 5.92 Å². The Labute approximate surface area is 167 Å². The molecule has 2 aliphatic heterocycles. The average molecular weight is 381 g/mol. The van der Waals surface area contributed by atoms with Crippen LogP contribution in [-0.4, -0.2) is 51.0 Å². The number of Topliss-reactive ketones (excluding diaryl/α,β-unsaturated/α-hetero) is 1. The maximum atomic E-state index is 12.0. The summed E-state index contributed by atoms with van der Waals surface area (Å²) in [4.78, 5) is 12.0. The van der Waals surface area contributed by atoms with Gasteiger partial charge in [0, 0.05) is 41.2 Å². The third-order valence-corrected chi connectivity index (χ3v) is 6.73. The Bertz CT molecular complexity index is 504. The van der Waals surface area contributed by atoms with E-state index in [9.17, 15) is 4.79 Å². The number of carbonyl (C=O) groups excluding carboxylic acids is 1. The monoisotopic (exact) mass is 380 g/mol. The first-order valence-corrected chi connectivity index (χ1v) is 10.8. The highest BCUT2D eigenvalue weighted by Crippen LogP contribution is 2.40. The van der Waals surface area contributed by atoms with Crippen molar-refractivity contribution in [2.45, 2.75) is 117 Å². The molecule has 0 radical (unpaired) electrons. The molecular weight excluding hydrogens is 336 g/mol. The maximum absolute atomic E-state index is 12.0. The second-order valence-corrected chi connectivity index (χ2v) is 11.3. The van der Waals surface area contributed by atoms with Crippen molar-refractivity contribution in [3.05, 3.63) is 0 Å². The molecule has 0 atom stereocenters. The third kappa shape index (κ3) is 5.11. The molecule has 0 aliphatic carbocycles. The summed E-state index contributed by atoms with van der Waals surface area (Å²) in [6.45, 7) is 21.9. The summed E-state index contributed by atoms with van der Waals surface area (Å²) in [5, 5.41) is 4.87. The van der Waals surface area contributed by atoms with Gasteiger partial charge in [0.2, 0.25) is 0 Å². The van der Waals surface area contributed by atoms with E-state index in [1.165, 1.54) is 19.3 Å². The highest BCUT2D eigenvalue weighted by molar-refractivity contribution is 5.78. The van der Waals surface area contributed by atoms with Crippen LogP contribution in [0.4, 0.5) is 0 Å². The predicted molar refractivity (Wildman–Crippen MR) is 113 cm³/mol. The van der Waals surface area contributed by atoms with Crippen LogP contribution >= 0.6 is 0 Å². The second kappa shape index (κ2) is 7.74. The number of hydrazine groups is 2. The van der Waals surface area contributed by atoms with E-state index in [1.54, 1.807) is 6.92 Å². The van der Waals surface area contributed by atoms with Gasteiger partial charge in [-0.2, -0.15) is 0 Å². The molecule has 158 valence electrons. The number of hydrogen-bond donors (Lipinski definition) is 2. The summed E-state index contributed by atoms with van der Waals surface area (Å²) in [6.07, 6.45) is 5.59. The summed E-state index contributed by atoms with van der Waals surface area (Å²) >= 11 is 0. The molecule has 0 spiro atoms. The van der Waals surface area contributed by atoms with Gasteiger partial charge in [0.25, 0.3) is 0 Å². The number of piperidine rings is 2. The quantitative estimate of drug-likeness (QED) is 0.685. The normalized spacial score (nSPS) is 28.2. The molecule has 2 saturated heterocycles. The number of rotatable bonds is 6. The fraction of sp³-hybridized carbons (Fsp3) is 0.955. The number of ketones is 1. The van der Waals surface area contributed by atoms with E-state index in [0.29, 0.717) is 5.78 Å². The van der Waals surface area contributed by atoms with Gasteiger partial charge in [-0.15, -0.1) is 0 Å². The van der Waals surface area contributed by atoms with Gasteiger partial charge in [-0.05, 0) is 94.4 Å². The van der Waals surface area contributed by atoms with Crippen molar-refractivity contribution in [1.82, 2.24) is 20.9 Å². The molecule has 0 aromatic rings. The van der Waals surface area contributed by atoms with Crippen molar-refractivity contribution in [3.8, 4) is 0 Å². The van der Waals surface area contributed by atoms with Crippen molar-refractivity contribution in [1.29, 1.82) is 0 Å². The predicted octanol–water partition coefficient (Wildman–Crippen LogP) is 3.90. The van der Waals surface area contributed by atoms with Gasteiger partial charge in [-0.3, -0.25) is 15.6 Å². The molecule has 0 aromatic heterocycles. The van der Waals surface area contributed by atoms with Crippen LogP contribution in [0.15, 0.2) is 0 Å². The molecule has 0 amide bonds.